The van der Waals surface area contributed by atoms with Crippen molar-refractivity contribution in [3.63, 3.8) is 0 Å². The van der Waals surface area contributed by atoms with E-state index in [1.54, 1.807) is 6.07 Å². The Morgan fingerprint density at radius 1 is 1.18 bits per heavy atom. The second kappa shape index (κ2) is 5.21. The molecule has 1 atom stereocenters. The van der Waals surface area contributed by atoms with Gasteiger partial charge in [-0.25, -0.2) is 0 Å². The molecule has 88 valence electrons. The molecule has 3 heteroatoms. The molecule has 0 aromatic heterocycles. The minimum atomic E-state index is -0.695. The lowest BCUT2D eigenvalue weighted by Crippen LogP contribution is -2.00. The van der Waals surface area contributed by atoms with Gasteiger partial charge in [0.05, 0.1) is 0 Å². The normalized spacial score (nSPS) is 12.5. The molecule has 0 fully saturated rings. The van der Waals surface area contributed by atoms with Crippen LogP contribution in [0, 0.1) is 6.92 Å². The molecule has 0 aliphatic rings. The average Bonchev–Trinajstić information content (AvgIpc) is 2.31. The number of aliphatic hydroxyl groups is 1. The van der Waals surface area contributed by atoms with Gasteiger partial charge >= 0.3 is 0 Å². The molecule has 1 unspecified atom stereocenters. The Balaban J connectivity index is 2.43. The van der Waals surface area contributed by atoms with E-state index in [1.165, 1.54) is 0 Å². The predicted octanol–water partition coefficient (Wildman–Crippen LogP) is 4.49. The number of benzene rings is 2. The Kier molecular flexibility index (Phi) is 3.87. The van der Waals surface area contributed by atoms with Gasteiger partial charge in [0.1, 0.15) is 6.10 Å². The van der Waals surface area contributed by atoms with E-state index >= 15 is 0 Å². The molecular weight excluding hydrogens is 300 g/mol. The maximum absolute atomic E-state index is 10.3. The largest absolute Gasteiger partial charge is 0.384 e. The summed E-state index contributed by atoms with van der Waals surface area (Å²) in [5.74, 6) is 0. The summed E-state index contributed by atoms with van der Waals surface area (Å²) < 4.78 is 0.906. The van der Waals surface area contributed by atoms with E-state index in [-0.39, 0.29) is 0 Å². The van der Waals surface area contributed by atoms with Gasteiger partial charge in [0, 0.05) is 15.1 Å². The summed E-state index contributed by atoms with van der Waals surface area (Å²) in [6.07, 6.45) is -0.695. The van der Waals surface area contributed by atoms with Gasteiger partial charge in [-0.15, -0.1) is 0 Å². The number of aliphatic hydroxyl groups excluding tert-OH is 1. The van der Waals surface area contributed by atoms with Crippen LogP contribution in [0.25, 0.3) is 0 Å². The zero-order valence-corrected chi connectivity index (χ0v) is 11.7. The van der Waals surface area contributed by atoms with E-state index in [4.69, 9.17) is 11.6 Å². The highest BCUT2D eigenvalue weighted by Crippen LogP contribution is 2.30. The lowest BCUT2D eigenvalue weighted by Gasteiger charge is -2.14. The van der Waals surface area contributed by atoms with E-state index in [1.807, 2.05) is 43.3 Å². The van der Waals surface area contributed by atoms with Crippen LogP contribution in [0.1, 0.15) is 22.8 Å². The third-order valence-corrected chi connectivity index (χ3v) is 3.45. The monoisotopic (exact) mass is 310 g/mol. The SMILES string of the molecule is Cc1cccc(C(O)c2cc(Br)ccc2Cl)c1. The van der Waals surface area contributed by atoms with Crippen molar-refractivity contribution in [1.29, 1.82) is 0 Å². The lowest BCUT2D eigenvalue weighted by atomic mass is 10.00. The van der Waals surface area contributed by atoms with E-state index < -0.39 is 6.10 Å². The summed E-state index contributed by atoms with van der Waals surface area (Å²) in [7, 11) is 0. The van der Waals surface area contributed by atoms with Gasteiger partial charge in [-0.3, -0.25) is 0 Å². The average molecular weight is 312 g/mol. The zero-order chi connectivity index (χ0) is 12.4. The fraction of sp³-hybridized carbons (Fsp3) is 0.143. The molecule has 0 bridgehead atoms. The first-order chi connectivity index (χ1) is 8.08. The molecular formula is C14H12BrClO. The summed E-state index contributed by atoms with van der Waals surface area (Å²) >= 11 is 9.48. The van der Waals surface area contributed by atoms with E-state index in [2.05, 4.69) is 15.9 Å². The van der Waals surface area contributed by atoms with Crippen LogP contribution in [0.5, 0.6) is 0 Å². The second-order valence-electron chi connectivity index (χ2n) is 3.98. The molecule has 17 heavy (non-hydrogen) atoms. The van der Waals surface area contributed by atoms with Gasteiger partial charge in [0.15, 0.2) is 0 Å². The molecule has 0 saturated heterocycles. The Hall–Kier alpha value is -0.830. The molecule has 1 nitrogen and oxygen atoms in total. The van der Waals surface area contributed by atoms with Crippen LogP contribution in [-0.2, 0) is 0 Å². The van der Waals surface area contributed by atoms with Gasteiger partial charge in [-0.2, -0.15) is 0 Å². The van der Waals surface area contributed by atoms with Crippen molar-refractivity contribution in [2.24, 2.45) is 0 Å². The third kappa shape index (κ3) is 2.89. The molecule has 0 aliphatic heterocycles. The smallest absolute Gasteiger partial charge is 0.106 e. The summed E-state index contributed by atoms with van der Waals surface area (Å²) in [6.45, 7) is 2.00. The number of hydrogen-bond acceptors (Lipinski definition) is 1. The molecule has 2 aromatic carbocycles. The fourth-order valence-electron chi connectivity index (χ4n) is 1.74. The molecule has 0 aliphatic carbocycles. The van der Waals surface area contributed by atoms with Crippen LogP contribution in [-0.4, -0.2) is 5.11 Å². The van der Waals surface area contributed by atoms with Gasteiger partial charge in [-0.1, -0.05) is 57.4 Å². The third-order valence-electron chi connectivity index (χ3n) is 2.61. The van der Waals surface area contributed by atoms with Crippen molar-refractivity contribution >= 4 is 27.5 Å². The summed E-state index contributed by atoms with van der Waals surface area (Å²) in [5, 5.41) is 10.9. The van der Waals surface area contributed by atoms with Gasteiger partial charge < -0.3 is 5.11 Å². The number of rotatable bonds is 2. The van der Waals surface area contributed by atoms with E-state index in [9.17, 15) is 5.11 Å². The van der Waals surface area contributed by atoms with Gasteiger partial charge in [0.2, 0.25) is 0 Å². The first-order valence-corrected chi connectivity index (χ1v) is 6.44. The number of halogens is 2. The quantitative estimate of drug-likeness (QED) is 0.866. The van der Waals surface area contributed by atoms with Crippen molar-refractivity contribution in [2.75, 3.05) is 0 Å². The van der Waals surface area contributed by atoms with Gasteiger partial charge in [0.25, 0.3) is 0 Å². The maximum atomic E-state index is 10.3. The van der Waals surface area contributed by atoms with Crippen molar-refractivity contribution < 1.29 is 5.11 Å². The first kappa shape index (κ1) is 12.6. The fourth-order valence-corrected chi connectivity index (χ4v) is 2.34. The number of aryl methyl sites for hydroxylation is 1. The maximum Gasteiger partial charge on any atom is 0.106 e. The number of hydrogen-bond donors (Lipinski definition) is 1. The van der Waals surface area contributed by atoms with Crippen molar-refractivity contribution in [1.82, 2.24) is 0 Å². The second-order valence-corrected chi connectivity index (χ2v) is 5.31. The van der Waals surface area contributed by atoms with Crippen LogP contribution in [0.3, 0.4) is 0 Å². The van der Waals surface area contributed by atoms with Crippen molar-refractivity contribution in [3.8, 4) is 0 Å². The Labute approximate surface area is 114 Å². The molecule has 0 heterocycles. The molecule has 2 aromatic rings. The Bertz CT molecular complexity index is 539. The van der Waals surface area contributed by atoms with Crippen LogP contribution < -0.4 is 0 Å². The lowest BCUT2D eigenvalue weighted by molar-refractivity contribution is 0.220. The Morgan fingerprint density at radius 3 is 2.65 bits per heavy atom. The van der Waals surface area contributed by atoms with Gasteiger partial charge in [-0.05, 0) is 30.7 Å². The minimum absolute atomic E-state index is 0.571. The standard InChI is InChI=1S/C14H12BrClO/c1-9-3-2-4-10(7-9)14(17)12-8-11(15)5-6-13(12)16/h2-8,14,17H,1H3. The molecule has 0 spiro atoms. The summed E-state index contributed by atoms with van der Waals surface area (Å²) in [5.41, 5.74) is 2.68. The van der Waals surface area contributed by atoms with Crippen molar-refractivity contribution in [3.05, 3.63) is 68.7 Å². The molecule has 1 N–H and O–H groups in total. The highest BCUT2D eigenvalue weighted by Gasteiger charge is 2.14. The van der Waals surface area contributed by atoms with Crippen LogP contribution >= 0.6 is 27.5 Å². The molecule has 0 radical (unpaired) electrons. The zero-order valence-electron chi connectivity index (χ0n) is 9.32. The molecule has 0 amide bonds. The van der Waals surface area contributed by atoms with Crippen LogP contribution in [0.4, 0.5) is 0 Å². The minimum Gasteiger partial charge on any atom is -0.384 e. The summed E-state index contributed by atoms with van der Waals surface area (Å²) in [6, 6.07) is 13.3. The Morgan fingerprint density at radius 2 is 1.94 bits per heavy atom. The summed E-state index contributed by atoms with van der Waals surface area (Å²) in [4.78, 5) is 0. The first-order valence-electron chi connectivity index (χ1n) is 5.27. The van der Waals surface area contributed by atoms with E-state index in [0.717, 1.165) is 15.6 Å². The van der Waals surface area contributed by atoms with Crippen molar-refractivity contribution in [2.45, 2.75) is 13.0 Å². The molecule has 0 saturated carbocycles. The topological polar surface area (TPSA) is 20.2 Å². The van der Waals surface area contributed by atoms with Crippen LogP contribution in [0.15, 0.2) is 46.9 Å². The highest BCUT2D eigenvalue weighted by molar-refractivity contribution is 9.10. The van der Waals surface area contributed by atoms with E-state index in [0.29, 0.717) is 10.6 Å². The molecule has 2 rings (SSSR count). The predicted molar refractivity (Wildman–Crippen MR) is 74.4 cm³/mol. The van der Waals surface area contributed by atoms with Crippen LogP contribution in [0.2, 0.25) is 5.02 Å². The highest BCUT2D eigenvalue weighted by atomic mass is 79.9.